The van der Waals surface area contributed by atoms with Crippen LogP contribution >= 0.6 is 11.3 Å². The van der Waals surface area contributed by atoms with Crippen LogP contribution in [0.2, 0.25) is 0 Å². The molecule has 0 aliphatic carbocycles. The summed E-state index contributed by atoms with van der Waals surface area (Å²) in [4.78, 5) is 14.2. The number of carbonyl (C=O) groups excluding carboxylic acids is 1. The van der Waals surface area contributed by atoms with E-state index in [2.05, 4.69) is 4.98 Å². The molecule has 0 saturated carbocycles. The third-order valence-electron chi connectivity index (χ3n) is 0.568. The Kier molecular flexibility index (Phi) is 1.17. The van der Waals surface area contributed by atoms with Gasteiger partial charge in [-0.1, -0.05) is 0 Å². The molecule has 7 heavy (non-hydrogen) atoms. The second-order valence-corrected chi connectivity index (χ2v) is 1.94. The zero-order chi connectivity index (χ0) is 5.11. The fourth-order valence-electron chi connectivity index (χ4n) is 0.284. The van der Waals surface area contributed by atoms with Gasteiger partial charge in [0, 0.05) is 6.20 Å². The van der Waals surface area contributed by atoms with Crippen LogP contribution in [-0.4, -0.2) is 11.3 Å². The summed E-state index contributed by atoms with van der Waals surface area (Å²) in [6.45, 7) is 0. The summed E-state index contributed by atoms with van der Waals surface area (Å²) in [6.07, 6.45) is 2.33. The van der Waals surface area contributed by atoms with Gasteiger partial charge in [0.2, 0.25) is 0 Å². The highest BCUT2D eigenvalue weighted by Gasteiger charge is 1.84. The summed E-state index contributed by atoms with van der Waals surface area (Å²) in [5.74, 6) is 0. The molecule has 0 atom stereocenters. The minimum atomic E-state index is 0. The first-order valence-electron chi connectivity index (χ1n) is 1.77. The molecule has 3 heteroatoms. The summed E-state index contributed by atoms with van der Waals surface area (Å²) in [7, 11) is 0. The Bertz CT molecular complexity index is 151. The molecule has 0 N–H and O–H groups in total. The molecular formula is C4H4NOS+. The van der Waals surface area contributed by atoms with E-state index in [-0.39, 0.29) is 1.43 Å². The fraction of sp³-hybridized carbons (Fsp3) is 0. The first-order valence-corrected chi connectivity index (χ1v) is 2.65. The molecule has 0 saturated heterocycles. The lowest BCUT2D eigenvalue weighted by Crippen LogP contribution is -1.63. The smallest absolute Gasteiger partial charge is 0.297 e. The van der Waals surface area contributed by atoms with E-state index in [0.717, 1.165) is 6.29 Å². The van der Waals surface area contributed by atoms with E-state index in [1.54, 1.807) is 5.51 Å². The van der Waals surface area contributed by atoms with E-state index in [1.165, 1.54) is 17.5 Å². The van der Waals surface area contributed by atoms with Crippen molar-refractivity contribution >= 4 is 17.6 Å². The monoisotopic (exact) mass is 114 g/mol. The summed E-state index contributed by atoms with van der Waals surface area (Å²) in [6, 6.07) is 0. The number of hydrogen-bond donors (Lipinski definition) is 0. The van der Waals surface area contributed by atoms with Gasteiger partial charge in [0.25, 0.3) is 0 Å². The van der Waals surface area contributed by atoms with Crippen molar-refractivity contribution in [2.45, 2.75) is 0 Å². The van der Waals surface area contributed by atoms with E-state index >= 15 is 0 Å². The van der Waals surface area contributed by atoms with Crippen molar-refractivity contribution < 1.29 is 6.22 Å². The predicted molar refractivity (Wildman–Crippen MR) is 28.6 cm³/mol. The molecule has 1 rings (SSSR count). The van der Waals surface area contributed by atoms with Crippen molar-refractivity contribution in [1.29, 1.82) is 0 Å². The molecule has 0 aromatic carbocycles. The first kappa shape index (κ1) is 4.46. The van der Waals surface area contributed by atoms with Crippen molar-refractivity contribution in [1.82, 2.24) is 4.98 Å². The van der Waals surface area contributed by atoms with Crippen LogP contribution in [0.5, 0.6) is 0 Å². The van der Waals surface area contributed by atoms with E-state index in [4.69, 9.17) is 0 Å². The Morgan fingerprint density at radius 2 is 2.86 bits per heavy atom. The van der Waals surface area contributed by atoms with Gasteiger partial charge in [0.1, 0.15) is 0 Å². The van der Waals surface area contributed by atoms with Gasteiger partial charge < -0.3 is 0 Å². The number of thiazole rings is 1. The molecule has 0 unspecified atom stereocenters. The fourth-order valence-corrected chi connectivity index (χ4v) is 0.705. The van der Waals surface area contributed by atoms with Gasteiger partial charge in [-0.15, -0.1) is 11.3 Å². The summed E-state index contributed by atoms with van der Waals surface area (Å²) in [5.41, 5.74) is 1.63. The van der Waals surface area contributed by atoms with Crippen LogP contribution in [0.15, 0.2) is 11.7 Å². The Morgan fingerprint density at radius 1 is 2.00 bits per heavy atom. The van der Waals surface area contributed by atoms with E-state index in [9.17, 15) is 4.79 Å². The van der Waals surface area contributed by atoms with E-state index in [1.807, 2.05) is 0 Å². The second-order valence-electron chi connectivity index (χ2n) is 1.02. The van der Waals surface area contributed by atoms with Crippen molar-refractivity contribution in [3.63, 3.8) is 0 Å². The number of aldehydes is 1. The van der Waals surface area contributed by atoms with Gasteiger partial charge >= 0.3 is 1.43 Å². The van der Waals surface area contributed by atoms with Gasteiger partial charge in [-0.25, -0.2) is 0 Å². The number of hydrogen-bond acceptors (Lipinski definition) is 3. The van der Waals surface area contributed by atoms with Gasteiger partial charge in [0.05, 0.1) is 10.4 Å². The zero-order valence-electron chi connectivity index (χ0n) is 4.50. The average molecular weight is 114 g/mol. The first-order chi connectivity index (χ1) is 3.43. The van der Waals surface area contributed by atoms with Crippen LogP contribution < -0.4 is 0 Å². The summed E-state index contributed by atoms with van der Waals surface area (Å²) < 4.78 is 0. The van der Waals surface area contributed by atoms with Crippen LogP contribution in [0.1, 0.15) is 11.1 Å². The normalized spacial score (nSPS) is 8.57. The molecule has 1 heterocycles. The Labute approximate surface area is 46.3 Å². The van der Waals surface area contributed by atoms with Crippen molar-refractivity contribution in [3.8, 4) is 0 Å². The number of nitrogens with zero attached hydrogens (tertiary/aromatic N) is 1. The van der Waals surface area contributed by atoms with Gasteiger partial charge in [-0.05, 0) is 0 Å². The Morgan fingerprint density at radius 3 is 3.14 bits per heavy atom. The molecule has 2 nitrogen and oxygen atoms in total. The molecule has 36 valence electrons. The molecule has 1 aromatic rings. The molecule has 0 spiro atoms. The zero-order valence-corrected chi connectivity index (χ0v) is 4.31. The molecule has 0 amide bonds. The van der Waals surface area contributed by atoms with Crippen LogP contribution in [0.4, 0.5) is 0 Å². The summed E-state index contributed by atoms with van der Waals surface area (Å²) >= 11 is 1.34. The van der Waals surface area contributed by atoms with E-state index in [0.29, 0.717) is 4.88 Å². The minimum absolute atomic E-state index is 0. The Hall–Kier alpha value is -0.700. The number of aromatic nitrogens is 1. The lowest BCUT2D eigenvalue weighted by Gasteiger charge is -1.63. The highest BCUT2D eigenvalue weighted by Crippen LogP contribution is 1.99. The maximum absolute atomic E-state index is 9.84. The van der Waals surface area contributed by atoms with Gasteiger partial charge in [-0.3, -0.25) is 9.78 Å². The largest absolute Gasteiger partial charge is 1.00 e. The minimum Gasteiger partial charge on any atom is -0.297 e. The van der Waals surface area contributed by atoms with E-state index < -0.39 is 0 Å². The van der Waals surface area contributed by atoms with Gasteiger partial charge in [-0.2, -0.15) is 0 Å². The molecule has 0 aliphatic heterocycles. The van der Waals surface area contributed by atoms with Crippen LogP contribution in [-0.2, 0) is 0 Å². The maximum Gasteiger partial charge on any atom is 1.00 e. The molecule has 1 aromatic heterocycles. The topological polar surface area (TPSA) is 30.0 Å². The van der Waals surface area contributed by atoms with Crippen LogP contribution in [0.25, 0.3) is 0 Å². The lowest BCUT2D eigenvalue weighted by atomic mass is 10.6. The Balaban J connectivity index is 0.000000490. The number of rotatable bonds is 1. The van der Waals surface area contributed by atoms with Gasteiger partial charge in [0.15, 0.2) is 6.29 Å². The highest BCUT2D eigenvalue weighted by molar-refractivity contribution is 7.11. The number of carbonyl (C=O) groups is 1. The second kappa shape index (κ2) is 1.84. The standard InChI is InChI=1S/C4H3NOS/c6-2-4-1-5-3-7-4/h1-3H/p+1. The predicted octanol–water partition coefficient (Wildman–Crippen LogP) is 1.07. The molecule has 0 radical (unpaired) electrons. The molecular weight excluding hydrogens is 110 g/mol. The van der Waals surface area contributed by atoms with Crippen LogP contribution in [0.3, 0.4) is 0 Å². The van der Waals surface area contributed by atoms with Crippen molar-refractivity contribution in [2.24, 2.45) is 0 Å². The third kappa shape index (κ3) is 0.838. The van der Waals surface area contributed by atoms with Crippen molar-refractivity contribution in [2.75, 3.05) is 0 Å². The molecule has 0 fully saturated rings. The van der Waals surface area contributed by atoms with Crippen LogP contribution in [0, 0.1) is 0 Å². The average Bonchev–Trinajstić information content (AvgIpc) is 2.14. The van der Waals surface area contributed by atoms with Crippen molar-refractivity contribution in [3.05, 3.63) is 16.6 Å². The highest BCUT2D eigenvalue weighted by atomic mass is 32.1. The third-order valence-corrected chi connectivity index (χ3v) is 1.27. The lowest BCUT2D eigenvalue weighted by molar-refractivity contribution is 0.112. The summed E-state index contributed by atoms with van der Waals surface area (Å²) in [5, 5.41) is 0. The molecule has 0 bridgehead atoms. The SMILES string of the molecule is O=Cc1cncs1.[H+]. The quantitative estimate of drug-likeness (QED) is 0.511. The maximum atomic E-state index is 9.84. The molecule has 0 aliphatic rings.